The van der Waals surface area contributed by atoms with Crippen molar-refractivity contribution in [3.8, 4) is 0 Å². The highest BCUT2D eigenvalue weighted by atomic mass is 16.2. The van der Waals surface area contributed by atoms with E-state index in [4.69, 9.17) is 4.98 Å². The van der Waals surface area contributed by atoms with Gasteiger partial charge in [0.25, 0.3) is 0 Å². The van der Waals surface area contributed by atoms with Crippen LogP contribution in [0.3, 0.4) is 0 Å². The molecule has 0 aliphatic carbocycles. The summed E-state index contributed by atoms with van der Waals surface area (Å²) in [6, 6.07) is 23.8. The third kappa shape index (κ3) is 5.11. The average Bonchev–Trinajstić information content (AvgIpc) is 3.15. The van der Waals surface area contributed by atoms with E-state index >= 15 is 0 Å². The number of fused-ring (bicyclic) bond motifs is 1. The van der Waals surface area contributed by atoms with Gasteiger partial charge in [0.2, 0.25) is 5.91 Å². The number of aryl methyl sites for hydroxylation is 2. The Morgan fingerprint density at radius 2 is 1.50 bits per heavy atom. The fourth-order valence-electron chi connectivity index (χ4n) is 3.69. The molecule has 0 aliphatic rings. The number of ketones is 1. The Balaban J connectivity index is 1.42. The average molecular weight is 426 g/mol. The molecule has 0 saturated carbocycles. The number of nitrogens with zero attached hydrogens (tertiary/aromatic N) is 2. The molecule has 1 N–H and O–H groups in total. The lowest BCUT2D eigenvalue weighted by Gasteiger charge is -2.11. The van der Waals surface area contributed by atoms with Crippen molar-refractivity contribution >= 4 is 22.7 Å². The summed E-state index contributed by atoms with van der Waals surface area (Å²) < 4.78 is 2.14. The van der Waals surface area contributed by atoms with Crippen LogP contribution >= 0.6 is 0 Å². The molecule has 0 spiro atoms. The van der Waals surface area contributed by atoms with Crippen molar-refractivity contribution in [2.45, 2.75) is 39.8 Å². The predicted octanol–water partition coefficient (Wildman–Crippen LogP) is 4.98. The van der Waals surface area contributed by atoms with Crippen LogP contribution in [0.5, 0.6) is 0 Å². The molecule has 0 atom stereocenters. The first-order valence-corrected chi connectivity index (χ1v) is 10.9. The summed E-state index contributed by atoms with van der Waals surface area (Å²) in [6.07, 6.45) is 0.347. The van der Waals surface area contributed by atoms with E-state index < -0.39 is 0 Å². The highest BCUT2D eigenvalue weighted by Crippen LogP contribution is 2.18. The Hall–Kier alpha value is -3.73. The van der Waals surface area contributed by atoms with Crippen molar-refractivity contribution < 1.29 is 9.59 Å². The maximum absolute atomic E-state index is 12.4. The van der Waals surface area contributed by atoms with Crippen LogP contribution < -0.4 is 5.32 Å². The maximum Gasteiger partial charge on any atom is 0.220 e. The number of benzene rings is 3. The monoisotopic (exact) mass is 425 g/mol. The summed E-state index contributed by atoms with van der Waals surface area (Å²) >= 11 is 0. The molecular formula is C27H27N3O2. The van der Waals surface area contributed by atoms with E-state index in [1.807, 2.05) is 55.5 Å². The molecule has 1 aromatic heterocycles. The Kier molecular flexibility index (Phi) is 6.45. The second kappa shape index (κ2) is 9.60. The molecule has 0 aliphatic heterocycles. The van der Waals surface area contributed by atoms with Gasteiger partial charge in [0.1, 0.15) is 5.82 Å². The van der Waals surface area contributed by atoms with Crippen molar-refractivity contribution in [1.29, 1.82) is 0 Å². The van der Waals surface area contributed by atoms with Crippen LogP contribution in [0.15, 0.2) is 72.8 Å². The van der Waals surface area contributed by atoms with E-state index in [0.29, 0.717) is 18.7 Å². The number of aromatic nitrogens is 2. The largest absolute Gasteiger partial charge is 0.349 e. The molecular weight excluding hydrogens is 398 g/mol. The maximum atomic E-state index is 12.4. The molecule has 0 unspecified atom stereocenters. The van der Waals surface area contributed by atoms with Crippen molar-refractivity contribution in [3.05, 3.63) is 101 Å². The predicted molar refractivity (Wildman–Crippen MR) is 127 cm³/mol. The van der Waals surface area contributed by atoms with Crippen molar-refractivity contribution in [1.82, 2.24) is 14.9 Å². The molecule has 162 valence electrons. The van der Waals surface area contributed by atoms with Gasteiger partial charge in [-0.25, -0.2) is 4.98 Å². The number of Topliss-reactive ketones (excluding diaryl/α,β-unsaturated/α-hetero) is 1. The molecule has 0 saturated heterocycles. The van der Waals surface area contributed by atoms with Crippen molar-refractivity contribution in [3.63, 3.8) is 0 Å². The van der Waals surface area contributed by atoms with Crippen molar-refractivity contribution in [2.24, 2.45) is 0 Å². The minimum Gasteiger partial charge on any atom is -0.349 e. The number of nitrogens with one attached hydrogen (secondary N) is 1. The van der Waals surface area contributed by atoms with Gasteiger partial charge in [-0.05, 0) is 31.5 Å². The number of amides is 1. The van der Waals surface area contributed by atoms with Crippen LogP contribution in [-0.4, -0.2) is 21.2 Å². The molecule has 3 aromatic carbocycles. The number of hydrogen-bond acceptors (Lipinski definition) is 3. The third-order valence-corrected chi connectivity index (χ3v) is 5.59. The van der Waals surface area contributed by atoms with Gasteiger partial charge in [-0.1, -0.05) is 71.8 Å². The van der Waals surface area contributed by atoms with Gasteiger partial charge >= 0.3 is 0 Å². The van der Waals surface area contributed by atoms with Gasteiger partial charge in [0.15, 0.2) is 5.78 Å². The minimum absolute atomic E-state index is 0.0215. The van der Waals surface area contributed by atoms with Gasteiger partial charge in [0, 0.05) is 24.9 Å². The lowest BCUT2D eigenvalue weighted by Crippen LogP contribution is -2.25. The van der Waals surface area contributed by atoms with Crippen molar-refractivity contribution in [2.75, 3.05) is 0 Å². The SMILES string of the molecule is Cc1ccc(Cn2c(CNC(=O)CCC(=O)c3ccc(C)cc3)nc3ccccc32)cc1. The topological polar surface area (TPSA) is 64.0 Å². The number of para-hydroxylation sites is 2. The zero-order chi connectivity index (χ0) is 22.5. The molecule has 5 nitrogen and oxygen atoms in total. The highest BCUT2D eigenvalue weighted by Gasteiger charge is 2.13. The number of hydrogen-bond donors (Lipinski definition) is 1. The number of imidazole rings is 1. The number of rotatable bonds is 8. The summed E-state index contributed by atoms with van der Waals surface area (Å²) in [6.45, 7) is 5.05. The lowest BCUT2D eigenvalue weighted by molar-refractivity contribution is -0.121. The molecule has 1 amide bonds. The smallest absolute Gasteiger partial charge is 0.220 e. The zero-order valence-corrected chi connectivity index (χ0v) is 18.5. The second-order valence-electron chi connectivity index (χ2n) is 8.15. The van der Waals surface area contributed by atoms with Gasteiger partial charge in [-0.3, -0.25) is 9.59 Å². The normalized spacial score (nSPS) is 10.9. The summed E-state index contributed by atoms with van der Waals surface area (Å²) in [5, 5.41) is 2.94. The van der Waals surface area contributed by atoms with Gasteiger partial charge in [0.05, 0.1) is 17.6 Å². The highest BCUT2D eigenvalue weighted by molar-refractivity contribution is 5.97. The summed E-state index contributed by atoms with van der Waals surface area (Å²) in [7, 11) is 0. The number of carbonyl (C=O) groups excluding carboxylic acids is 2. The van der Waals surface area contributed by atoms with E-state index in [0.717, 1.165) is 22.4 Å². The van der Waals surface area contributed by atoms with Crippen LogP contribution in [0, 0.1) is 13.8 Å². The van der Waals surface area contributed by atoms with E-state index in [2.05, 4.69) is 41.1 Å². The molecule has 4 aromatic rings. The van der Waals surface area contributed by atoms with Gasteiger partial charge in [-0.15, -0.1) is 0 Å². The van der Waals surface area contributed by atoms with E-state index in [9.17, 15) is 9.59 Å². The summed E-state index contributed by atoms with van der Waals surface area (Å²) in [5.74, 6) is 0.621. The van der Waals surface area contributed by atoms with Crippen LogP contribution in [-0.2, 0) is 17.9 Å². The Bertz CT molecular complexity index is 1240. The van der Waals surface area contributed by atoms with E-state index in [1.165, 1.54) is 11.1 Å². The van der Waals surface area contributed by atoms with E-state index in [-0.39, 0.29) is 24.5 Å². The first-order chi connectivity index (χ1) is 15.5. The molecule has 32 heavy (non-hydrogen) atoms. The molecule has 0 fully saturated rings. The minimum atomic E-state index is -0.153. The molecule has 0 bridgehead atoms. The Morgan fingerprint density at radius 1 is 0.844 bits per heavy atom. The zero-order valence-electron chi connectivity index (χ0n) is 18.5. The summed E-state index contributed by atoms with van der Waals surface area (Å²) in [4.78, 5) is 29.5. The quantitative estimate of drug-likeness (QED) is 0.405. The first-order valence-electron chi connectivity index (χ1n) is 10.9. The second-order valence-corrected chi connectivity index (χ2v) is 8.15. The van der Waals surface area contributed by atoms with E-state index in [1.54, 1.807) is 0 Å². The van der Waals surface area contributed by atoms with Crippen LogP contribution in [0.4, 0.5) is 0 Å². The lowest BCUT2D eigenvalue weighted by atomic mass is 10.1. The fraction of sp³-hybridized carbons (Fsp3) is 0.222. The van der Waals surface area contributed by atoms with Crippen LogP contribution in [0.25, 0.3) is 11.0 Å². The fourth-order valence-corrected chi connectivity index (χ4v) is 3.69. The van der Waals surface area contributed by atoms with Gasteiger partial charge < -0.3 is 9.88 Å². The van der Waals surface area contributed by atoms with Crippen LogP contribution in [0.1, 0.15) is 45.7 Å². The summed E-state index contributed by atoms with van der Waals surface area (Å²) in [5.41, 5.74) is 6.08. The Morgan fingerprint density at radius 3 is 2.22 bits per heavy atom. The molecule has 1 heterocycles. The molecule has 5 heteroatoms. The Labute approximate surface area is 188 Å². The first kappa shape index (κ1) is 21.5. The standard InChI is InChI=1S/C27H27N3O2/c1-19-7-11-21(12-8-19)18-30-24-6-4-3-5-23(24)29-26(30)17-28-27(32)16-15-25(31)22-13-9-20(2)10-14-22/h3-14H,15-18H2,1-2H3,(H,28,32). The molecule has 0 radical (unpaired) electrons. The molecule has 4 rings (SSSR count). The van der Waals surface area contributed by atoms with Crippen LogP contribution in [0.2, 0.25) is 0 Å². The number of carbonyl (C=O) groups is 2. The third-order valence-electron chi connectivity index (χ3n) is 5.59. The van der Waals surface area contributed by atoms with Gasteiger partial charge in [-0.2, -0.15) is 0 Å².